The Morgan fingerprint density at radius 3 is 2.21 bits per heavy atom. The Morgan fingerprint density at radius 2 is 1.74 bits per heavy atom. The minimum absolute atomic E-state index is 0.431. The maximum absolute atomic E-state index is 9.88. The monoisotopic (exact) mass is 311 g/mol. The minimum atomic E-state index is -1.36. The van der Waals surface area contributed by atoms with Crippen LogP contribution in [-0.4, -0.2) is 79.2 Å². The van der Waals surface area contributed by atoms with Gasteiger partial charge < -0.3 is 30.1 Å². The lowest BCUT2D eigenvalue weighted by molar-refractivity contribution is -0.205. The summed E-state index contributed by atoms with van der Waals surface area (Å²) in [4.78, 5) is 1.92. The lowest BCUT2D eigenvalue weighted by Crippen LogP contribution is -2.57. The third-order valence-corrected chi connectivity index (χ3v) is 4.72. The van der Waals surface area contributed by atoms with Gasteiger partial charge in [-0.15, -0.1) is 0 Å². The number of hydrogen-bond acceptors (Lipinski definition) is 7. The first-order valence-corrected chi connectivity index (χ1v) is 7.51. The van der Waals surface area contributed by atoms with Crippen molar-refractivity contribution in [2.45, 2.75) is 43.7 Å². The number of aliphatic hydroxyl groups excluding tert-OH is 4. The number of aliphatic hydroxyl groups is 4. The van der Waals surface area contributed by atoms with Crippen LogP contribution >= 0.6 is 24.0 Å². The van der Waals surface area contributed by atoms with Crippen LogP contribution in [0.15, 0.2) is 0 Å². The molecular weight excluding hydrogens is 290 g/mol. The van der Waals surface area contributed by atoms with E-state index in [-0.39, 0.29) is 0 Å². The fourth-order valence-electron chi connectivity index (χ4n) is 1.82. The average molecular weight is 311 g/mol. The highest BCUT2D eigenvalue weighted by atomic mass is 32.2. The van der Waals surface area contributed by atoms with Crippen molar-refractivity contribution in [3.63, 3.8) is 0 Å². The molecule has 1 unspecified atom stereocenters. The number of thiocarbonyl (C=S) groups is 1. The van der Waals surface area contributed by atoms with Gasteiger partial charge in [-0.3, -0.25) is 0 Å². The van der Waals surface area contributed by atoms with E-state index in [2.05, 4.69) is 0 Å². The fourth-order valence-corrected chi connectivity index (χ4v) is 3.47. The molecular formula is C11H21NO5S2. The van der Waals surface area contributed by atoms with Crippen LogP contribution in [-0.2, 0) is 4.74 Å². The van der Waals surface area contributed by atoms with Crippen LogP contribution in [0.5, 0.6) is 0 Å². The molecule has 4 N–H and O–H groups in total. The summed E-state index contributed by atoms with van der Waals surface area (Å²) in [6, 6.07) is 0. The largest absolute Gasteiger partial charge is 0.394 e. The van der Waals surface area contributed by atoms with Gasteiger partial charge in [0, 0.05) is 13.1 Å². The number of hydrogen-bond donors (Lipinski definition) is 4. The summed E-state index contributed by atoms with van der Waals surface area (Å²) in [6.45, 7) is 4.97. The van der Waals surface area contributed by atoms with Crippen LogP contribution in [0, 0.1) is 0 Å². The van der Waals surface area contributed by atoms with E-state index in [0.717, 1.165) is 24.9 Å². The van der Waals surface area contributed by atoms with Crippen LogP contribution in [0.2, 0.25) is 0 Å². The van der Waals surface area contributed by atoms with Crippen LogP contribution in [0.3, 0.4) is 0 Å². The predicted octanol–water partition coefficient (Wildman–Crippen LogP) is -0.854. The van der Waals surface area contributed by atoms with Crippen molar-refractivity contribution in [3.8, 4) is 0 Å². The van der Waals surface area contributed by atoms with Gasteiger partial charge in [-0.1, -0.05) is 24.0 Å². The van der Waals surface area contributed by atoms with Crippen molar-refractivity contribution in [3.05, 3.63) is 0 Å². The third-order valence-electron chi connectivity index (χ3n) is 3.09. The number of thioether (sulfide) groups is 1. The Hall–Kier alpha value is 0.0400. The predicted molar refractivity (Wildman–Crippen MR) is 76.9 cm³/mol. The van der Waals surface area contributed by atoms with E-state index in [1.165, 1.54) is 0 Å². The summed E-state index contributed by atoms with van der Waals surface area (Å²) in [5.74, 6) is 0. The minimum Gasteiger partial charge on any atom is -0.394 e. The van der Waals surface area contributed by atoms with Gasteiger partial charge in [0.25, 0.3) is 0 Å². The molecule has 0 spiro atoms. The zero-order chi connectivity index (χ0) is 14.6. The first-order chi connectivity index (χ1) is 8.96. The molecule has 6 nitrogen and oxygen atoms in total. The number of nitrogens with zero attached hydrogens (tertiary/aromatic N) is 1. The highest BCUT2D eigenvalue weighted by molar-refractivity contribution is 8.23. The summed E-state index contributed by atoms with van der Waals surface area (Å²) in [5, 5.41) is 38.3. The van der Waals surface area contributed by atoms with Gasteiger partial charge in [-0.25, -0.2) is 0 Å². The highest BCUT2D eigenvalue weighted by Crippen LogP contribution is 2.30. The summed E-state index contributed by atoms with van der Waals surface area (Å²) in [6.07, 6.45) is -4.84. The van der Waals surface area contributed by atoms with Crippen molar-refractivity contribution in [2.75, 3.05) is 19.7 Å². The molecule has 0 aromatic carbocycles. The van der Waals surface area contributed by atoms with Crippen molar-refractivity contribution in [2.24, 2.45) is 0 Å². The van der Waals surface area contributed by atoms with Crippen molar-refractivity contribution >= 4 is 28.3 Å². The van der Waals surface area contributed by atoms with Crippen LogP contribution in [0.25, 0.3) is 0 Å². The first kappa shape index (κ1) is 17.1. The summed E-state index contributed by atoms with van der Waals surface area (Å²) in [5.41, 5.74) is -0.802. The molecule has 8 heteroatoms. The number of rotatable bonds is 4. The second-order valence-electron chi connectivity index (χ2n) is 4.25. The molecule has 1 rings (SSSR count). The molecule has 112 valence electrons. The molecule has 1 saturated heterocycles. The molecule has 19 heavy (non-hydrogen) atoms. The molecule has 0 amide bonds. The first-order valence-electron chi connectivity index (χ1n) is 6.22. The van der Waals surface area contributed by atoms with Crippen LogP contribution in [0.1, 0.15) is 13.8 Å². The maximum atomic E-state index is 9.88. The maximum Gasteiger partial charge on any atom is 0.139 e. The average Bonchev–Trinajstić information content (AvgIpc) is 2.40. The molecule has 0 aliphatic carbocycles. The van der Waals surface area contributed by atoms with Gasteiger partial charge in [0.15, 0.2) is 0 Å². The molecule has 1 aliphatic rings. The Bertz CT molecular complexity index is 301. The van der Waals surface area contributed by atoms with Gasteiger partial charge in [-0.2, -0.15) is 0 Å². The fraction of sp³-hybridized carbons (Fsp3) is 0.909. The van der Waals surface area contributed by atoms with E-state index in [1.807, 2.05) is 18.7 Å². The van der Waals surface area contributed by atoms with Gasteiger partial charge in [0.2, 0.25) is 0 Å². The molecule has 0 aromatic rings. The molecule has 0 bridgehead atoms. The smallest absolute Gasteiger partial charge is 0.139 e. The van der Waals surface area contributed by atoms with Gasteiger partial charge in [-0.05, 0) is 13.8 Å². The third kappa shape index (κ3) is 4.01. The van der Waals surface area contributed by atoms with E-state index in [9.17, 15) is 15.3 Å². The molecule has 1 heterocycles. The molecule has 0 radical (unpaired) electrons. The Balaban J connectivity index is 2.69. The summed E-state index contributed by atoms with van der Waals surface area (Å²) in [7, 11) is 0. The van der Waals surface area contributed by atoms with Crippen molar-refractivity contribution in [1.29, 1.82) is 0 Å². The van der Waals surface area contributed by atoms with E-state index in [4.69, 9.17) is 22.1 Å². The van der Waals surface area contributed by atoms with Gasteiger partial charge >= 0.3 is 0 Å². The lowest BCUT2D eigenvalue weighted by Gasteiger charge is -2.40. The molecule has 1 fully saturated rings. The SMILES string of the molecule is CCN(CC)C(=S)SC1O[C@H](CO)[C@@H](O)[C@H](O)[C@H]1O. The van der Waals surface area contributed by atoms with E-state index in [0.29, 0.717) is 4.32 Å². The van der Waals surface area contributed by atoms with E-state index < -0.39 is 36.5 Å². The van der Waals surface area contributed by atoms with Crippen molar-refractivity contribution in [1.82, 2.24) is 4.90 Å². The van der Waals surface area contributed by atoms with Crippen LogP contribution in [0.4, 0.5) is 0 Å². The Kier molecular flexibility index (Phi) is 6.95. The quantitative estimate of drug-likeness (QED) is 0.499. The molecule has 1 aliphatic heterocycles. The second-order valence-corrected chi connectivity index (χ2v) is 5.99. The topological polar surface area (TPSA) is 93.4 Å². The zero-order valence-electron chi connectivity index (χ0n) is 11.0. The normalized spacial score (nSPS) is 35.2. The van der Waals surface area contributed by atoms with Gasteiger partial charge in [0.1, 0.15) is 34.2 Å². The standard InChI is InChI=1S/C11H21NO5S2/c1-3-12(4-2)11(18)19-10-9(16)8(15)7(14)6(5-13)17-10/h6-10,13-16H,3-5H2,1-2H3/t6-,7-,8+,9-,10?/m1/s1. The van der Waals surface area contributed by atoms with E-state index in [1.54, 1.807) is 0 Å². The lowest BCUT2D eigenvalue weighted by atomic mass is 10.0. The molecule has 5 atom stereocenters. The Morgan fingerprint density at radius 1 is 1.16 bits per heavy atom. The summed E-state index contributed by atoms with van der Waals surface area (Å²) >= 11 is 6.36. The summed E-state index contributed by atoms with van der Waals surface area (Å²) < 4.78 is 5.93. The second kappa shape index (κ2) is 7.72. The van der Waals surface area contributed by atoms with E-state index >= 15 is 0 Å². The van der Waals surface area contributed by atoms with Crippen molar-refractivity contribution < 1.29 is 25.2 Å². The van der Waals surface area contributed by atoms with Crippen LogP contribution < -0.4 is 0 Å². The Labute approximate surface area is 122 Å². The highest BCUT2D eigenvalue weighted by Gasteiger charge is 2.44. The zero-order valence-corrected chi connectivity index (χ0v) is 12.6. The van der Waals surface area contributed by atoms with Gasteiger partial charge in [0.05, 0.1) is 6.61 Å². The number of ether oxygens (including phenoxy) is 1. The molecule has 0 aromatic heterocycles. The molecule has 0 saturated carbocycles.